The Morgan fingerprint density at radius 1 is 1.37 bits per heavy atom. The summed E-state index contributed by atoms with van der Waals surface area (Å²) in [5.41, 5.74) is 0. The average Bonchev–Trinajstić information content (AvgIpc) is 2.32. The van der Waals surface area contributed by atoms with Gasteiger partial charge in [0.05, 0.1) is 18.3 Å². The van der Waals surface area contributed by atoms with E-state index in [1.807, 2.05) is 13.8 Å². The summed E-state index contributed by atoms with van der Waals surface area (Å²) in [6.45, 7) is 6.34. The van der Waals surface area contributed by atoms with Crippen LogP contribution in [-0.2, 0) is 14.3 Å². The van der Waals surface area contributed by atoms with Crippen molar-refractivity contribution in [2.75, 3.05) is 20.2 Å². The van der Waals surface area contributed by atoms with Gasteiger partial charge in [0.25, 0.3) is 0 Å². The highest BCUT2D eigenvalue weighted by molar-refractivity contribution is 5.86. The number of amides is 2. The van der Waals surface area contributed by atoms with E-state index in [2.05, 4.69) is 5.32 Å². The first-order valence-electron chi connectivity index (χ1n) is 6.31. The Morgan fingerprint density at radius 3 is 2.32 bits per heavy atom. The van der Waals surface area contributed by atoms with Gasteiger partial charge in [-0.1, -0.05) is 0 Å². The standard InChI is InChI=1S/C12H22N2O5/c1-7-5-14(6-8(2)19-7)11(15)10(9(3)18-4)13-12(16)17/h7-10,13H,5-6H2,1-4H3,(H,16,17)/t7-,8+,9?,10?. The summed E-state index contributed by atoms with van der Waals surface area (Å²) in [5, 5.41) is 11.0. The molecule has 7 heteroatoms. The van der Waals surface area contributed by atoms with Crippen molar-refractivity contribution in [3.05, 3.63) is 0 Å². The molecule has 0 bridgehead atoms. The highest BCUT2D eigenvalue weighted by Gasteiger charge is 2.34. The van der Waals surface area contributed by atoms with Crippen LogP contribution >= 0.6 is 0 Å². The Morgan fingerprint density at radius 2 is 1.89 bits per heavy atom. The number of hydrogen-bond donors (Lipinski definition) is 2. The molecule has 2 N–H and O–H groups in total. The van der Waals surface area contributed by atoms with Gasteiger partial charge in [-0.3, -0.25) is 4.79 Å². The number of ether oxygens (including phenoxy) is 2. The molecule has 0 aromatic heterocycles. The third kappa shape index (κ3) is 4.36. The molecule has 2 amide bonds. The Labute approximate surface area is 112 Å². The molecule has 19 heavy (non-hydrogen) atoms. The van der Waals surface area contributed by atoms with Crippen LogP contribution in [0, 0.1) is 0 Å². The molecule has 1 aliphatic heterocycles. The minimum absolute atomic E-state index is 0.0592. The van der Waals surface area contributed by atoms with E-state index >= 15 is 0 Å². The van der Waals surface area contributed by atoms with Gasteiger partial charge in [-0.05, 0) is 20.8 Å². The van der Waals surface area contributed by atoms with E-state index in [1.165, 1.54) is 7.11 Å². The third-order valence-electron chi connectivity index (χ3n) is 3.12. The molecule has 0 aromatic rings. The van der Waals surface area contributed by atoms with Crippen LogP contribution in [0.2, 0.25) is 0 Å². The zero-order valence-electron chi connectivity index (χ0n) is 11.8. The van der Waals surface area contributed by atoms with E-state index < -0.39 is 18.2 Å². The van der Waals surface area contributed by atoms with Gasteiger partial charge >= 0.3 is 6.09 Å². The summed E-state index contributed by atoms with van der Waals surface area (Å²) < 4.78 is 10.6. The van der Waals surface area contributed by atoms with Crippen molar-refractivity contribution in [2.24, 2.45) is 0 Å². The van der Waals surface area contributed by atoms with Crippen molar-refractivity contribution >= 4 is 12.0 Å². The largest absolute Gasteiger partial charge is 0.465 e. The summed E-state index contributed by atoms with van der Waals surface area (Å²) in [6.07, 6.45) is -1.89. The number of nitrogens with zero attached hydrogens (tertiary/aromatic N) is 1. The van der Waals surface area contributed by atoms with E-state index in [0.717, 1.165) is 0 Å². The molecule has 0 aromatic carbocycles. The first-order chi connectivity index (χ1) is 8.85. The second-order valence-electron chi connectivity index (χ2n) is 4.87. The maximum atomic E-state index is 12.4. The zero-order valence-corrected chi connectivity index (χ0v) is 11.8. The Bertz CT molecular complexity index is 326. The topological polar surface area (TPSA) is 88.1 Å². The molecule has 110 valence electrons. The molecule has 1 heterocycles. The van der Waals surface area contributed by atoms with Crippen LogP contribution in [0.15, 0.2) is 0 Å². The molecular weight excluding hydrogens is 252 g/mol. The lowest BCUT2D eigenvalue weighted by Crippen LogP contribution is -2.58. The van der Waals surface area contributed by atoms with Crippen LogP contribution in [0.3, 0.4) is 0 Å². The van der Waals surface area contributed by atoms with Crippen LogP contribution < -0.4 is 5.32 Å². The maximum absolute atomic E-state index is 12.4. The highest BCUT2D eigenvalue weighted by atomic mass is 16.5. The predicted molar refractivity (Wildman–Crippen MR) is 68.0 cm³/mol. The number of hydrogen-bond acceptors (Lipinski definition) is 4. The number of carbonyl (C=O) groups excluding carboxylic acids is 1. The van der Waals surface area contributed by atoms with Gasteiger partial charge in [0.15, 0.2) is 0 Å². The third-order valence-corrected chi connectivity index (χ3v) is 3.12. The SMILES string of the molecule is COC(C)C(NC(=O)O)C(=O)N1C[C@@H](C)O[C@@H](C)C1. The lowest BCUT2D eigenvalue weighted by atomic mass is 10.1. The molecule has 1 saturated heterocycles. The lowest BCUT2D eigenvalue weighted by Gasteiger charge is -2.37. The van der Waals surface area contributed by atoms with Crippen LogP contribution in [0.1, 0.15) is 20.8 Å². The highest BCUT2D eigenvalue weighted by Crippen LogP contribution is 2.13. The molecule has 1 rings (SSSR count). The smallest absolute Gasteiger partial charge is 0.405 e. The Hall–Kier alpha value is -1.34. The first-order valence-corrected chi connectivity index (χ1v) is 6.31. The molecular formula is C12H22N2O5. The summed E-state index contributed by atoms with van der Waals surface area (Å²) in [7, 11) is 1.44. The second kappa shape index (κ2) is 6.72. The van der Waals surface area contributed by atoms with Crippen molar-refractivity contribution in [1.82, 2.24) is 10.2 Å². The van der Waals surface area contributed by atoms with E-state index in [1.54, 1.807) is 11.8 Å². The fourth-order valence-electron chi connectivity index (χ4n) is 2.20. The molecule has 2 unspecified atom stereocenters. The zero-order chi connectivity index (χ0) is 14.6. The predicted octanol–water partition coefficient (Wildman–Crippen LogP) is 0.293. The van der Waals surface area contributed by atoms with Crippen LogP contribution in [0.5, 0.6) is 0 Å². The molecule has 7 nitrogen and oxygen atoms in total. The maximum Gasteiger partial charge on any atom is 0.405 e. The molecule has 0 spiro atoms. The Balaban J connectivity index is 2.77. The summed E-state index contributed by atoms with van der Waals surface area (Å²) in [6, 6.07) is -0.903. The minimum Gasteiger partial charge on any atom is -0.465 e. The van der Waals surface area contributed by atoms with Crippen molar-refractivity contribution in [1.29, 1.82) is 0 Å². The van der Waals surface area contributed by atoms with Crippen LogP contribution in [0.4, 0.5) is 4.79 Å². The number of carbonyl (C=O) groups is 2. The first kappa shape index (κ1) is 15.7. The van der Waals surface area contributed by atoms with Gasteiger partial charge in [-0.25, -0.2) is 4.79 Å². The monoisotopic (exact) mass is 274 g/mol. The molecule has 0 aliphatic carbocycles. The van der Waals surface area contributed by atoms with Gasteiger partial charge in [0.2, 0.25) is 5.91 Å². The van der Waals surface area contributed by atoms with Crippen molar-refractivity contribution in [3.8, 4) is 0 Å². The fourth-order valence-corrected chi connectivity index (χ4v) is 2.20. The summed E-state index contributed by atoms with van der Waals surface area (Å²) in [4.78, 5) is 24.8. The quantitative estimate of drug-likeness (QED) is 0.769. The van der Waals surface area contributed by atoms with Gasteiger partial charge in [-0.2, -0.15) is 0 Å². The van der Waals surface area contributed by atoms with Crippen molar-refractivity contribution < 1.29 is 24.2 Å². The van der Waals surface area contributed by atoms with Gasteiger partial charge in [0, 0.05) is 20.2 Å². The molecule has 1 aliphatic rings. The number of morpholine rings is 1. The van der Waals surface area contributed by atoms with Crippen molar-refractivity contribution in [2.45, 2.75) is 45.1 Å². The van der Waals surface area contributed by atoms with Gasteiger partial charge < -0.3 is 24.8 Å². The van der Waals surface area contributed by atoms with E-state index in [4.69, 9.17) is 14.6 Å². The number of rotatable bonds is 4. The van der Waals surface area contributed by atoms with Gasteiger partial charge in [0.1, 0.15) is 6.04 Å². The minimum atomic E-state index is -1.24. The van der Waals surface area contributed by atoms with Gasteiger partial charge in [-0.15, -0.1) is 0 Å². The molecule has 0 saturated carbocycles. The van der Waals surface area contributed by atoms with Crippen LogP contribution in [-0.4, -0.2) is 66.6 Å². The lowest BCUT2D eigenvalue weighted by molar-refractivity contribution is -0.148. The average molecular weight is 274 g/mol. The van der Waals surface area contributed by atoms with E-state index in [0.29, 0.717) is 13.1 Å². The number of nitrogens with one attached hydrogen (secondary N) is 1. The summed E-state index contributed by atoms with van der Waals surface area (Å²) in [5.74, 6) is -0.279. The Kier molecular flexibility index (Phi) is 5.56. The van der Waals surface area contributed by atoms with E-state index in [-0.39, 0.29) is 18.1 Å². The van der Waals surface area contributed by atoms with Crippen LogP contribution in [0.25, 0.3) is 0 Å². The number of methoxy groups -OCH3 is 1. The van der Waals surface area contributed by atoms with E-state index in [9.17, 15) is 9.59 Å². The molecule has 4 atom stereocenters. The molecule has 1 fully saturated rings. The summed E-state index contributed by atoms with van der Waals surface area (Å²) >= 11 is 0. The molecule has 0 radical (unpaired) electrons. The number of carboxylic acid groups (broad SMARTS) is 1. The second-order valence-corrected chi connectivity index (χ2v) is 4.87. The van der Waals surface area contributed by atoms with Crippen molar-refractivity contribution in [3.63, 3.8) is 0 Å². The fraction of sp³-hybridized carbons (Fsp3) is 0.833. The normalized spacial score (nSPS) is 26.6.